The van der Waals surface area contributed by atoms with Crippen LogP contribution in [0.15, 0.2) is 62.9 Å². The van der Waals surface area contributed by atoms with Crippen molar-refractivity contribution in [2.75, 3.05) is 5.32 Å². The Kier molecular flexibility index (Phi) is 4.73. The predicted octanol–water partition coefficient (Wildman–Crippen LogP) is 6.80. The van der Waals surface area contributed by atoms with Gasteiger partial charge in [-0.2, -0.15) is 0 Å². The number of nitrogens with one attached hydrogen (secondary N) is 1. The van der Waals surface area contributed by atoms with Gasteiger partial charge >= 0.3 is 0 Å². The minimum atomic E-state index is -0.121. The summed E-state index contributed by atoms with van der Waals surface area (Å²) < 4.78 is 2.96. The zero-order valence-corrected chi connectivity index (χ0v) is 17.4. The Morgan fingerprint density at radius 2 is 1.76 bits per heavy atom. The number of thiazole rings is 1. The average Bonchev–Trinajstić information content (AvgIpc) is 3.19. The monoisotopic (exact) mass is 492 g/mol. The normalized spacial score (nSPS) is 11.0. The highest BCUT2D eigenvalue weighted by Gasteiger charge is 2.12. The molecule has 0 aliphatic carbocycles. The first-order valence-electron chi connectivity index (χ1n) is 7.32. The fourth-order valence-corrected chi connectivity index (χ4v) is 5.24. The molecule has 2 heterocycles. The molecule has 0 saturated carbocycles. The quantitative estimate of drug-likeness (QED) is 0.341. The SMILES string of the molecule is O=C(Nc1ccc(-c2nc3ccccc3s2)cc1)c1cc(Br)c(Br)s1. The van der Waals surface area contributed by atoms with Crippen LogP contribution in [0.2, 0.25) is 0 Å². The highest BCUT2D eigenvalue weighted by atomic mass is 79.9. The first-order valence-corrected chi connectivity index (χ1v) is 10.5. The Hall–Kier alpha value is -1.54. The summed E-state index contributed by atoms with van der Waals surface area (Å²) in [6.07, 6.45) is 0. The number of carbonyl (C=O) groups is 1. The molecule has 0 aliphatic rings. The highest BCUT2D eigenvalue weighted by molar-refractivity contribution is 9.13. The summed E-state index contributed by atoms with van der Waals surface area (Å²) in [6.45, 7) is 0. The summed E-state index contributed by atoms with van der Waals surface area (Å²) in [6, 6.07) is 17.7. The number of anilines is 1. The van der Waals surface area contributed by atoms with Crippen LogP contribution in [0.25, 0.3) is 20.8 Å². The average molecular weight is 494 g/mol. The fraction of sp³-hybridized carbons (Fsp3) is 0. The van der Waals surface area contributed by atoms with Gasteiger partial charge in [0.15, 0.2) is 0 Å². The van der Waals surface area contributed by atoms with E-state index in [0.29, 0.717) is 4.88 Å². The number of rotatable bonds is 3. The van der Waals surface area contributed by atoms with Gasteiger partial charge in [0.05, 0.1) is 18.9 Å². The first-order chi connectivity index (χ1) is 12.1. The molecular weight excluding hydrogens is 484 g/mol. The second-order valence-electron chi connectivity index (χ2n) is 5.25. The summed E-state index contributed by atoms with van der Waals surface area (Å²) >= 11 is 9.86. The van der Waals surface area contributed by atoms with Gasteiger partial charge in [-0.05, 0) is 74.3 Å². The molecule has 0 unspecified atom stereocenters. The summed E-state index contributed by atoms with van der Waals surface area (Å²) in [5.74, 6) is -0.121. The maximum absolute atomic E-state index is 12.3. The number of halogens is 2. The van der Waals surface area contributed by atoms with E-state index >= 15 is 0 Å². The van der Waals surface area contributed by atoms with Crippen molar-refractivity contribution in [2.24, 2.45) is 0 Å². The third-order valence-electron chi connectivity index (χ3n) is 3.55. The number of thiophene rings is 1. The van der Waals surface area contributed by atoms with Gasteiger partial charge in [-0.1, -0.05) is 12.1 Å². The molecule has 0 spiro atoms. The molecule has 2 aromatic carbocycles. The molecule has 3 nitrogen and oxygen atoms in total. The third kappa shape index (κ3) is 3.55. The lowest BCUT2D eigenvalue weighted by molar-refractivity contribution is 0.103. The van der Waals surface area contributed by atoms with Crippen LogP contribution in [-0.4, -0.2) is 10.9 Å². The molecule has 0 aliphatic heterocycles. The van der Waals surface area contributed by atoms with Gasteiger partial charge in [-0.25, -0.2) is 4.98 Å². The topological polar surface area (TPSA) is 42.0 Å². The lowest BCUT2D eigenvalue weighted by Crippen LogP contribution is -2.09. The van der Waals surface area contributed by atoms with Crippen molar-refractivity contribution in [3.8, 4) is 10.6 Å². The van der Waals surface area contributed by atoms with Crippen LogP contribution in [-0.2, 0) is 0 Å². The molecule has 1 N–H and O–H groups in total. The number of hydrogen-bond acceptors (Lipinski definition) is 4. The van der Waals surface area contributed by atoms with Crippen molar-refractivity contribution in [1.29, 1.82) is 0 Å². The smallest absolute Gasteiger partial charge is 0.265 e. The van der Waals surface area contributed by atoms with E-state index in [1.54, 1.807) is 17.4 Å². The second-order valence-corrected chi connectivity index (χ2v) is 9.51. The van der Waals surface area contributed by atoms with Crippen LogP contribution in [0.1, 0.15) is 9.67 Å². The molecule has 0 fully saturated rings. The first kappa shape index (κ1) is 16.9. The van der Waals surface area contributed by atoms with E-state index in [0.717, 1.165) is 30.0 Å². The molecule has 2 aromatic heterocycles. The molecule has 0 atom stereocenters. The Morgan fingerprint density at radius 3 is 2.44 bits per heavy atom. The summed E-state index contributed by atoms with van der Waals surface area (Å²) in [4.78, 5) is 17.6. The number of amides is 1. The van der Waals surface area contributed by atoms with Gasteiger partial charge in [0, 0.05) is 15.7 Å². The third-order valence-corrected chi connectivity index (χ3v) is 7.89. The Labute approximate surface area is 169 Å². The lowest BCUT2D eigenvalue weighted by Gasteiger charge is -2.04. The van der Waals surface area contributed by atoms with Crippen LogP contribution in [0.3, 0.4) is 0 Å². The van der Waals surface area contributed by atoms with Crippen LogP contribution in [0, 0.1) is 0 Å². The molecule has 4 aromatic rings. The van der Waals surface area contributed by atoms with Gasteiger partial charge in [0.2, 0.25) is 0 Å². The van der Waals surface area contributed by atoms with Crippen molar-refractivity contribution in [1.82, 2.24) is 4.98 Å². The maximum atomic E-state index is 12.3. The molecule has 1 amide bonds. The zero-order chi connectivity index (χ0) is 17.4. The van der Waals surface area contributed by atoms with Gasteiger partial charge in [-0.15, -0.1) is 22.7 Å². The van der Waals surface area contributed by atoms with E-state index in [1.807, 2.05) is 42.5 Å². The Bertz CT molecular complexity index is 1020. The molecule has 0 radical (unpaired) electrons. The Morgan fingerprint density at radius 1 is 1.00 bits per heavy atom. The predicted molar refractivity (Wildman–Crippen MR) is 113 cm³/mol. The van der Waals surface area contributed by atoms with E-state index in [2.05, 4.69) is 48.2 Å². The summed E-state index contributed by atoms with van der Waals surface area (Å²) in [5, 5.41) is 3.89. The standard InChI is InChI=1S/C18H10Br2N2OS2/c19-12-9-15(24-16(12)20)17(23)21-11-7-5-10(6-8-11)18-22-13-3-1-2-4-14(13)25-18/h1-9H,(H,21,23). The van der Waals surface area contributed by atoms with Crippen LogP contribution in [0.5, 0.6) is 0 Å². The van der Waals surface area contributed by atoms with Crippen molar-refractivity contribution in [2.45, 2.75) is 0 Å². The number of fused-ring (bicyclic) bond motifs is 1. The van der Waals surface area contributed by atoms with E-state index in [9.17, 15) is 4.79 Å². The van der Waals surface area contributed by atoms with E-state index in [1.165, 1.54) is 16.0 Å². The largest absolute Gasteiger partial charge is 0.321 e. The molecule has 124 valence electrons. The molecule has 7 heteroatoms. The van der Waals surface area contributed by atoms with E-state index < -0.39 is 0 Å². The Balaban J connectivity index is 1.54. The van der Waals surface area contributed by atoms with Crippen LogP contribution < -0.4 is 5.32 Å². The van der Waals surface area contributed by atoms with Crippen molar-refractivity contribution in [3.05, 3.63) is 67.7 Å². The number of benzene rings is 2. The molecule has 0 saturated heterocycles. The number of hydrogen-bond donors (Lipinski definition) is 1. The van der Waals surface area contributed by atoms with Crippen LogP contribution >= 0.6 is 54.5 Å². The molecular formula is C18H10Br2N2OS2. The van der Waals surface area contributed by atoms with Crippen molar-refractivity contribution >= 4 is 76.3 Å². The van der Waals surface area contributed by atoms with Crippen molar-refractivity contribution in [3.63, 3.8) is 0 Å². The van der Waals surface area contributed by atoms with E-state index in [4.69, 9.17) is 0 Å². The van der Waals surface area contributed by atoms with Gasteiger partial charge in [-0.3, -0.25) is 4.79 Å². The maximum Gasteiger partial charge on any atom is 0.265 e. The minimum absolute atomic E-state index is 0.121. The lowest BCUT2D eigenvalue weighted by atomic mass is 10.2. The number of nitrogens with zero attached hydrogens (tertiary/aromatic N) is 1. The highest BCUT2D eigenvalue weighted by Crippen LogP contribution is 2.33. The zero-order valence-electron chi connectivity index (χ0n) is 12.6. The van der Waals surface area contributed by atoms with Gasteiger partial charge in [0.25, 0.3) is 5.91 Å². The van der Waals surface area contributed by atoms with Crippen molar-refractivity contribution < 1.29 is 4.79 Å². The number of carbonyl (C=O) groups excluding carboxylic acids is 1. The number of para-hydroxylation sites is 1. The summed E-state index contributed by atoms with van der Waals surface area (Å²) in [7, 11) is 0. The fourth-order valence-electron chi connectivity index (χ4n) is 2.34. The number of aromatic nitrogens is 1. The van der Waals surface area contributed by atoms with Gasteiger partial charge < -0.3 is 5.32 Å². The molecule has 25 heavy (non-hydrogen) atoms. The van der Waals surface area contributed by atoms with E-state index in [-0.39, 0.29) is 5.91 Å². The molecule has 0 bridgehead atoms. The van der Waals surface area contributed by atoms with Crippen LogP contribution in [0.4, 0.5) is 5.69 Å². The minimum Gasteiger partial charge on any atom is -0.321 e. The molecule has 4 rings (SSSR count). The van der Waals surface area contributed by atoms with Gasteiger partial charge in [0.1, 0.15) is 5.01 Å². The second kappa shape index (κ2) is 6.99. The summed E-state index contributed by atoms with van der Waals surface area (Å²) in [5.41, 5.74) is 2.81.